The van der Waals surface area contributed by atoms with E-state index in [2.05, 4.69) is 10.1 Å². The molecule has 8 nitrogen and oxygen atoms in total. The van der Waals surface area contributed by atoms with Crippen LogP contribution in [0.15, 0.2) is 72.8 Å². The van der Waals surface area contributed by atoms with Gasteiger partial charge < -0.3 is 25.1 Å². The van der Waals surface area contributed by atoms with E-state index < -0.39 is 35.8 Å². The summed E-state index contributed by atoms with van der Waals surface area (Å²) in [6, 6.07) is 21.6. The zero-order valence-electron chi connectivity index (χ0n) is 18.4. The molecular weight excluding hydrogens is 458 g/mol. The highest BCUT2D eigenvalue weighted by Crippen LogP contribution is 2.62. The van der Waals surface area contributed by atoms with Crippen molar-refractivity contribution < 1.29 is 28.1 Å². The fourth-order valence-corrected chi connectivity index (χ4v) is 4.78. The van der Waals surface area contributed by atoms with Gasteiger partial charge in [-0.15, -0.1) is 5.10 Å². The Kier molecular flexibility index (Phi) is 5.08. The zero-order valence-corrected chi connectivity index (χ0v) is 18.4. The van der Waals surface area contributed by atoms with Crippen molar-refractivity contribution in [3.05, 3.63) is 95.7 Å². The molecule has 2 fully saturated rings. The van der Waals surface area contributed by atoms with Crippen molar-refractivity contribution in [3.63, 3.8) is 0 Å². The van der Waals surface area contributed by atoms with Gasteiger partial charge in [0.1, 0.15) is 23.4 Å². The molecule has 0 amide bonds. The molecule has 35 heavy (non-hydrogen) atoms. The molecule has 6 rings (SSSR count). The average molecular weight is 480 g/mol. The second-order valence-corrected chi connectivity index (χ2v) is 8.72. The van der Waals surface area contributed by atoms with Crippen molar-refractivity contribution in [2.24, 2.45) is 0 Å². The molecule has 1 aliphatic carbocycles. The molecule has 1 aliphatic heterocycles. The molecule has 2 aliphatic rings. The van der Waals surface area contributed by atoms with Crippen LogP contribution in [0.4, 0.5) is 14.6 Å². The minimum Gasteiger partial charge on any atom is -0.382 e. The number of hydrogen-bond donors (Lipinski definition) is 2. The first-order valence-electron chi connectivity index (χ1n) is 11.1. The lowest BCUT2D eigenvalue weighted by molar-refractivity contribution is -0.251. The number of halogens is 2. The third-order valence-corrected chi connectivity index (χ3v) is 6.59. The smallest absolute Gasteiger partial charge is 0.327 e. The summed E-state index contributed by atoms with van der Waals surface area (Å²) in [4.78, 5) is 3.47. The Morgan fingerprint density at radius 3 is 2.34 bits per heavy atom. The molecule has 1 saturated heterocycles. The van der Waals surface area contributed by atoms with Gasteiger partial charge in [0.05, 0.1) is 13.2 Å². The number of rotatable bonds is 7. The van der Waals surface area contributed by atoms with Crippen molar-refractivity contribution in [2.75, 3.05) is 5.73 Å². The average Bonchev–Trinajstić information content (AvgIpc) is 3.11. The lowest BCUT2D eigenvalue weighted by Gasteiger charge is -2.30. The van der Waals surface area contributed by atoms with Crippen LogP contribution in [-0.2, 0) is 33.2 Å². The highest BCUT2D eigenvalue weighted by molar-refractivity contribution is 5.65. The summed E-state index contributed by atoms with van der Waals surface area (Å²) >= 11 is 0. The SMILES string of the molecule is Nc1nc(F)nn2c(C3(O)O[C@@H]4[C@H](OCc5ccccc5)[C@]4(OCc4ccccc4)[C@H]3F)ccc12. The van der Waals surface area contributed by atoms with Crippen LogP contribution in [0.25, 0.3) is 5.52 Å². The summed E-state index contributed by atoms with van der Waals surface area (Å²) in [6.07, 6.45) is -4.84. The van der Waals surface area contributed by atoms with Gasteiger partial charge in [-0.05, 0) is 23.3 Å². The number of fused-ring (bicyclic) bond motifs is 2. The van der Waals surface area contributed by atoms with Crippen LogP contribution >= 0.6 is 0 Å². The van der Waals surface area contributed by atoms with E-state index >= 15 is 4.39 Å². The number of nitrogen functional groups attached to an aromatic ring is 1. The lowest BCUT2D eigenvalue weighted by Crippen LogP contribution is -2.46. The van der Waals surface area contributed by atoms with E-state index in [4.69, 9.17) is 19.9 Å². The van der Waals surface area contributed by atoms with Gasteiger partial charge >= 0.3 is 6.08 Å². The van der Waals surface area contributed by atoms with E-state index in [1.54, 1.807) is 0 Å². The molecule has 0 bridgehead atoms. The van der Waals surface area contributed by atoms with Crippen molar-refractivity contribution in [2.45, 2.75) is 43.0 Å². The van der Waals surface area contributed by atoms with Crippen molar-refractivity contribution in [3.8, 4) is 0 Å². The Morgan fingerprint density at radius 1 is 1.00 bits per heavy atom. The van der Waals surface area contributed by atoms with E-state index in [-0.39, 0.29) is 30.2 Å². The van der Waals surface area contributed by atoms with Gasteiger partial charge in [-0.2, -0.15) is 9.37 Å². The summed E-state index contributed by atoms with van der Waals surface area (Å²) in [7, 11) is 0. The maximum Gasteiger partial charge on any atom is 0.327 e. The van der Waals surface area contributed by atoms with Crippen molar-refractivity contribution in [1.29, 1.82) is 0 Å². The summed E-state index contributed by atoms with van der Waals surface area (Å²) in [5, 5.41) is 15.0. The molecule has 10 heteroatoms. The number of benzene rings is 2. The fraction of sp³-hybridized carbons (Fsp3) is 0.280. The number of hydrogen-bond acceptors (Lipinski definition) is 7. The third-order valence-electron chi connectivity index (χ3n) is 6.59. The minimum absolute atomic E-state index is 0.0844. The van der Waals surface area contributed by atoms with Crippen LogP contribution in [0.5, 0.6) is 0 Å². The summed E-state index contributed by atoms with van der Waals surface area (Å²) in [5.74, 6) is -2.61. The standard InChI is InChI=1S/C25H22F2N4O4/c26-22-24(34-14-16-9-5-2-6-10-16)19(33-13-15-7-3-1-4-8-15)20(24)35-25(22,32)18-12-11-17-21(28)29-23(27)30-31(17)18/h1-12,19-20,22,32H,13-14H2,(H2,28,29,30)/t19-,20+,22+,24+,25?/m0/s1. The Hall–Kier alpha value is -3.44. The summed E-state index contributed by atoms with van der Waals surface area (Å²) in [5.41, 5.74) is 6.02. The van der Waals surface area contributed by atoms with E-state index in [1.165, 1.54) is 12.1 Å². The van der Waals surface area contributed by atoms with E-state index in [9.17, 15) is 9.50 Å². The largest absolute Gasteiger partial charge is 0.382 e. The number of nitrogens with zero attached hydrogens (tertiary/aromatic N) is 3. The number of aromatic nitrogens is 3. The highest BCUT2D eigenvalue weighted by Gasteiger charge is 2.84. The Bertz CT molecular complexity index is 1370. The molecule has 0 radical (unpaired) electrons. The first-order valence-corrected chi connectivity index (χ1v) is 11.1. The van der Waals surface area contributed by atoms with Gasteiger partial charge in [0, 0.05) is 0 Å². The molecule has 1 saturated carbocycles. The topological polar surface area (TPSA) is 104 Å². The predicted octanol–water partition coefficient (Wildman–Crippen LogP) is 2.89. The molecule has 180 valence electrons. The van der Waals surface area contributed by atoms with Gasteiger partial charge in [0.2, 0.25) is 5.79 Å². The second kappa shape index (κ2) is 8.06. The van der Waals surface area contributed by atoms with Crippen molar-refractivity contribution in [1.82, 2.24) is 14.6 Å². The van der Waals surface area contributed by atoms with E-state index in [0.717, 1.165) is 15.6 Å². The van der Waals surface area contributed by atoms with Gasteiger partial charge in [0.25, 0.3) is 0 Å². The number of nitrogens with two attached hydrogens (primary N) is 1. The maximum atomic E-state index is 16.3. The maximum absolute atomic E-state index is 16.3. The van der Waals surface area contributed by atoms with Gasteiger partial charge in [-0.1, -0.05) is 60.7 Å². The first kappa shape index (κ1) is 22.1. The molecular formula is C25H22F2N4O4. The molecule has 5 atom stereocenters. The van der Waals surface area contributed by atoms with Gasteiger partial charge in [-0.3, -0.25) is 0 Å². The molecule has 1 unspecified atom stereocenters. The molecule has 0 spiro atoms. The lowest BCUT2D eigenvalue weighted by atomic mass is 10.0. The Balaban J connectivity index is 1.32. The van der Waals surface area contributed by atoms with Crippen LogP contribution in [0.1, 0.15) is 16.8 Å². The van der Waals surface area contributed by atoms with Crippen molar-refractivity contribution >= 4 is 11.3 Å². The molecule has 4 aromatic rings. The monoisotopic (exact) mass is 480 g/mol. The van der Waals surface area contributed by atoms with Crippen LogP contribution < -0.4 is 5.73 Å². The van der Waals surface area contributed by atoms with Crippen LogP contribution in [0, 0.1) is 6.08 Å². The number of aliphatic hydroxyl groups is 1. The zero-order chi connectivity index (χ0) is 24.2. The number of ether oxygens (including phenoxy) is 3. The van der Waals surface area contributed by atoms with Crippen LogP contribution in [0.3, 0.4) is 0 Å². The van der Waals surface area contributed by atoms with Gasteiger partial charge in [0.15, 0.2) is 17.6 Å². The highest BCUT2D eigenvalue weighted by atomic mass is 19.1. The normalized spacial score (nSPS) is 29.4. The number of alkyl halides is 1. The van der Waals surface area contributed by atoms with Crippen LogP contribution in [0.2, 0.25) is 0 Å². The molecule has 3 N–H and O–H groups in total. The predicted molar refractivity (Wildman–Crippen MR) is 120 cm³/mol. The quantitative estimate of drug-likeness (QED) is 0.419. The molecule has 2 aromatic carbocycles. The summed E-state index contributed by atoms with van der Waals surface area (Å²) < 4.78 is 49.1. The molecule has 2 aromatic heterocycles. The van der Waals surface area contributed by atoms with E-state index in [1.807, 2.05) is 60.7 Å². The summed E-state index contributed by atoms with van der Waals surface area (Å²) in [6.45, 7) is 0.303. The third kappa shape index (κ3) is 3.41. The Morgan fingerprint density at radius 2 is 1.66 bits per heavy atom. The van der Waals surface area contributed by atoms with Crippen LogP contribution in [-0.4, -0.2) is 43.7 Å². The first-order chi connectivity index (χ1) is 16.9. The number of anilines is 1. The fourth-order valence-electron chi connectivity index (χ4n) is 4.78. The van der Waals surface area contributed by atoms with Gasteiger partial charge in [-0.25, -0.2) is 8.91 Å². The second-order valence-electron chi connectivity index (χ2n) is 8.72. The minimum atomic E-state index is -2.46. The Labute approximate surface area is 198 Å². The molecule has 3 heterocycles. The van der Waals surface area contributed by atoms with E-state index in [0.29, 0.717) is 0 Å².